The van der Waals surface area contributed by atoms with Crippen molar-refractivity contribution in [2.75, 3.05) is 0 Å². The molecule has 2 amide bonds. The van der Waals surface area contributed by atoms with Gasteiger partial charge < -0.3 is 0 Å². The van der Waals surface area contributed by atoms with Gasteiger partial charge in [-0.1, -0.05) is 10.2 Å². The van der Waals surface area contributed by atoms with Crippen LogP contribution >= 0.6 is 0 Å². The molecule has 1 aliphatic heterocycles. The molecule has 0 saturated heterocycles. The standard InChI is InChI=1S/CN4O.K/c6-1-2-4-5-3-1;/q;+1. The Labute approximate surface area is 81.7 Å². The van der Waals surface area contributed by atoms with Crippen LogP contribution < -0.4 is 51.4 Å². The summed E-state index contributed by atoms with van der Waals surface area (Å²) in [5.74, 6) is 0. The third-order valence-corrected chi connectivity index (χ3v) is 0.301. The Morgan fingerprint density at radius 3 is 1.71 bits per heavy atom. The first-order chi connectivity index (χ1) is 2.89. The maximum Gasteiger partial charge on any atom is 1.00 e. The zero-order valence-electron chi connectivity index (χ0n) is 3.70. The van der Waals surface area contributed by atoms with Crippen LogP contribution in [-0.4, -0.2) is 6.03 Å². The van der Waals surface area contributed by atoms with Gasteiger partial charge in [-0.3, -0.25) is 0 Å². The number of hydrogen-bond donors (Lipinski definition) is 0. The van der Waals surface area contributed by atoms with Gasteiger partial charge in [0.05, 0.1) is 0 Å². The Balaban J connectivity index is 0.000000360. The van der Waals surface area contributed by atoms with E-state index in [4.69, 9.17) is 0 Å². The maximum absolute atomic E-state index is 9.72. The number of carbonyl (C=O) groups excluding carboxylic acids is 1. The summed E-state index contributed by atoms with van der Waals surface area (Å²) in [5, 5.41) is 11.6. The number of amides is 2. The van der Waals surface area contributed by atoms with Crippen molar-refractivity contribution in [3.63, 3.8) is 0 Å². The first kappa shape index (κ1) is 7.51. The molecule has 0 aromatic rings. The van der Waals surface area contributed by atoms with E-state index >= 15 is 0 Å². The van der Waals surface area contributed by atoms with E-state index in [2.05, 4.69) is 20.7 Å². The van der Waals surface area contributed by atoms with Crippen LogP contribution in [0.25, 0.3) is 0 Å². The van der Waals surface area contributed by atoms with Gasteiger partial charge in [0, 0.05) is 0 Å². The summed E-state index contributed by atoms with van der Waals surface area (Å²) in [5.41, 5.74) is 0. The average molecular weight is 123 g/mol. The van der Waals surface area contributed by atoms with E-state index < -0.39 is 6.03 Å². The molecule has 30 valence electrons. The van der Waals surface area contributed by atoms with Crippen LogP contribution in [0.4, 0.5) is 4.79 Å². The molecule has 0 aliphatic carbocycles. The van der Waals surface area contributed by atoms with E-state index in [0.29, 0.717) is 0 Å². The van der Waals surface area contributed by atoms with Gasteiger partial charge >= 0.3 is 57.4 Å². The molecule has 6 heteroatoms. The number of nitrogens with zero attached hydrogens (tertiary/aromatic N) is 4. The fourth-order valence-corrected chi connectivity index (χ4v) is 0.137. The third kappa shape index (κ3) is 2.34. The molecule has 0 spiro atoms. The summed E-state index contributed by atoms with van der Waals surface area (Å²) in [7, 11) is 0. The molecule has 1 aliphatic rings. The summed E-state index contributed by atoms with van der Waals surface area (Å²) in [4.78, 5) is 9.72. The summed E-state index contributed by atoms with van der Waals surface area (Å²) < 4.78 is 0. The molecule has 0 atom stereocenters. The maximum atomic E-state index is 9.72. The van der Waals surface area contributed by atoms with Crippen molar-refractivity contribution in [3.05, 3.63) is 0 Å². The number of hydrogen-bond acceptors (Lipinski definition) is 3. The third-order valence-electron chi connectivity index (χ3n) is 0.301. The summed E-state index contributed by atoms with van der Waals surface area (Å²) in [6, 6.07) is -0.630. The molecule has 7 heavy (non-hydrogen) atoms. The van der Waals surface area contributed by atoms with Crippen LogP contribution in [0.2, 0.25) is 0 Å². The minimum atomic E-state index is -0.630. The van der Waals surface area contributed by atoms with Gasteiger partial charge in [0.1, 0.15) is 0 Å². The van der Waals surface area contributed by atoms with E-state index in [-0.39, 0.29) is 51.4 Å². The predicted molar refractivity (Wildman–Crippen MR) is 15.1 cm³/mol. The molecule has 0 unspecified atom stereocenters. The largest absolute Gasteiger partial charge is 1.00 e. The second-order valence-electron chi connectivity index (χ2n) is 0.661. The smallest absolute Gasteiger partial charge is 0.240 e. The fourth-order valence-electron chi connectivity index (χ4n) is 0.137. The Morgan fingerprint density at radius 1 is 1.14 bits per heavy atom. The zero-order valence-corrected chi connectivity index (χ0v) is 6.82. The Bertz CT molecular complexity index is 114. The summed E-state index contributed by atoms with van der Waals surface area (Å²) >= 11 is 0. The van der Waals surface area contributed by atoms with Gasteiger partial charge in [-0.15, -0.1) is 0 Å². The second-order valence-corrected chi connectivity index (χ2v) is 0.661. The number of carbonyl (C=O) groups is 1. The van der Waals surface area contributed by atoms with Gasteiger partial charge in [-0.05, 0) is 10.4 Å². The van der Waals surface area contributed by atoms with Crippen molar-refractivity contribution in [3.8, 4) is 0 Å². The predicted octanol–water partition coefficient (Wildman–Crippen LogP) is -2.06. The SMILES string of the molecule is O=C1N=NN=N1.[K+]. The molecule has 0 radical (unpaired) electrons. The van der Waals surface area contributed by atoms with Gasteiger partial charge in [0.2, 0.25) is 0 Å². The first-order valence-electron chi connectivity index (χ1n) is 1.25. The summed E-state index contributed by atoms with van der Waals surface area (Å²) in [6.07, 6.45) is 0. The Hall–Kier alpha value is 0.506. The molecule has 0 N–H and O–H groups in total. The molecule has 0 aromatic heterocycles. The zero-order chi connectivity index (χ0) is 4.41. The van der Waals surface area contributed by atoms with Gasteiger partial charge in [0.15, 0.2) is 0 Å². The van der Waals surface area contributed by atoms with Crippen molar-refractivity contribution in [1.29, 1.82) is 0 Å². The van der Waals surface area contributed by atoms with Crippen LogP contribution in [0.15, 0.2) is 20.7 Å². The van der Waals surface area contributed by atoms with E-state index in [1.807, 2.05) is 0 Å². The normalized spacial score (nSPS) is 14.6. The van der Waals surface area contributed by atoms with E-state index in [1.54, 1.807) is 0 Å². The van der Waals surface area contributed by atoms with Crippen LogP contribution in [0.3, 0.4) is 0 Å². The molecule has 1 rings (SSSR count). The summed E-state index contributed by atoms with van der Waals surface area (Å²) in [6.45, 7) is 0. The molecule has 0 saturated carbocycles. The van der Waals surface area contributed by atoms with Crippen LogP contribution in [0.1, 0.15) is 0 Å². The topological polar surface area (TPSA) is 66.5 Å². The minimum absolute atomic E-state index is 0. The first-order valence-corrected chi connectivity index (χ1v) is 1.25. The van der Waals surface area contributed by atoms with E-state index in [1.165, 1.54) is 0 Å². The van der Waals surface area contributed by atoms with Gasteiger partial charge in [0.25, 0.3) is 0 Å². The average Bonchev–Trinajstić information content (AvgIpc) is 1.86. The van der Waals surface area contributed by atoms with Crippen LogP contribution in [0.5, 0.6) is 0 Å². The minimum Gasteiger partial charge on any atom is -0.240 e. The Morgan fingerprint density at radius 2 is 1.57 bits per heavy atom. The molecular formula is CKN4O+. The van der Waals surface area contributed by atoms with E-state index in [9.17, 15) is 4.79 Å². The number of urea groups is 1. The van der Waals surface area contributed by atoms with Crippen LogP contribution in [0, 0.1) is 0 Å². The van der Waals surface area contributed by atoms with Crippen LogP contribution in [-0.2, 0) is 0 Å². The van der Waals surface area contributed by atoms with Crippen molar-refractivity contribution >= 4 is 6.03 Å². The molecule has 0 aromatic carbocycles. The van der Waals surface area contributed by atoms with Crippen molar-refractivity contribution in [2.45, 2.75) is 0 Å². The van der Waals surface area contributed by atoms with Gasteiger partial charge in [-0.25, -0.2) is 4.79 Å². The fraction of sp³-hybridized carbons (Fsp3) is 0. The van der Waals surface area contributed by atoms with Crippen molar-refractivity contribution in [2.24, 2.45) is 20.7 Å². The van der Waals surface area contributed by atoms with E-state index in [0.717, 1.165) is 0 Å². The quantitative estimate of drug-likeness (QED) is 0.342. The second kappa shape index (κ2) is 3.50. The molecule has 5 nitrogen and oxygen atoms in total. The molecular weight excluding hydrogens is 123 g/mol. The molecule has 0 bridgehead atoms. The monoisotopic (exact) mass is 123 g/mol. The molecule has 0 fully saturated rings. The Kier molecular flexibility index (Phi) is 3.75. The van der Waals surface area contributed by atoms with Crippen molar-refractivity contribution < 1.29 is 56.2 Å². The van der Waals surface area contributed by atoms with Gasteiger partial charge in [-0.2, -0.15) is 0 Å². The molecule has 1 heterocycles. The number of rotatable bonds is 0. The van der Waals surface area contributed by atoms with Crippen molar-refractivity contribution in [1.82, 2.24) is 0 Å².